The summed E-state index contributed by atoms with van der Waals surface area (Å²) in [5.41, 5.74) is 0. The Morgan fingerprint density at radius 1 is 1.31 bits per heavy atom. The van der Waals surface area contributed by atoms with E-state index in [1.165, 1.54) is 0 Å². The zero-order chi connectivity index (χ0) is 10.5. The lowest BCUT2D eigenvalue weighted by molar-refractivity contribution is -0.152. The van der Waals surface area contributed by atoms with Crippen LogP contribution in [0.2, 0.25) is 0 Å². The molecule has 0 spiro atoms. The fourth-order valence-electron chi connectivity index (χ4n) is 2.11. The van der Waals surface area contributed by atoms with Crippen LogP contribution in [0.5, 0.6) is 0 Å². The van der Waals surface area contributed by atoms with Gasteiger partial charge in [0.2, 0.25) is 0 Å². The highest BCUT2D eigenvalue weighted by molar-refractivity contribution is 5.85. The monoisotopic (exact) mass is 249 g/mol. The van der Waals surface area contributed by atoms with Crippen LogP contribution in [-0.2, 0) is 14.3 Å². The highest BCUT2D eigenvalue weighted by Crippen LogP contribution is 2.17. The molecule has 0 aromatic carbocycles. The third-order valence-corrected chi connectivity index (χ3v) is 3.18. The van der Waals surface area contributed by atoms with E-state index in [9.17, 15) is 4.79 Å². The van der Waals surface area contributed by atoms with Crippen molar-refractivity contribution in [2.24, 2.45) is 11.8 Å². The molecule has 0 aromatic rings. The van der Waals surface area contributed by atoms with Crippen molar-refractivity contribution in [1.29, 1.82) is 0 Å². The number of nitrogens with one attached hydrogen (secondary N) is 1. The van der Waals surface area contributed by atoms with Crippen LogP contribution < -0.4 is 5.32 Å². The van der Waals surface area contributed by atoms with Crippen molar-refractivity contribution >= 4 is 18.4 Å². The molecule has 4 nitrogen and oxygen atoms in total. The zero-order valence-electron chi connectivity index (χ0n) is 9.44. The predicted octanol–water partition coefficient (Wildman–Crippen LogP) is 0.987. The second-order valence-electron chi connectivity index (χ2n) is 4.38. The van der Waals surface area contributed by atoms with Crippen molar-refractivity contribution < 1.29 is 14.3 Å². The summed E-state index contributed by atoms with van der Waals surface area (Å²) in [6.07, 6.45) is 2.77. The molecule has 2 saturated heterocycles. The molecular weight excluding hydrogens is 230 g/mol. The van der Waals surface area contributed by atoms with Gasteiger partial charge in [-0.3, -0.25) is 4.79 Å². The lowest BCUT2D eigenvalue weighted by Crippen LogP contribution is -2.27. The second-order valence-corrected chi connectivity index (χ2v) is 4.38. The molecule has 1 atom stereocenters. The van der Waals surface area contributed by atoms with E-state index in [0.29, 0.717) is 25.7 Å². The molecule has 0 aliphatic carbocycles. The second kappa shape index (κ2) is 7.09. The van der Waals surface area contributed by atoms with Gasteiger partial charge in [-0.25, -0.2) is 0 Å². The predicted molar refractivity (Wildman–Crippen MR) is 62.7 cm³/mol. The molecule has 2 rings (SSSR count). The van der Waals surface area contributed by atoms with Crippen molar-refractivity contribution in [3.8, 4) is 0 Å². The average Bonchev–Trinajstić information content (AvgIpc) is 2.80. The minimum atomic E-state index is -0.0230. The fourth-order valence-corrected chi connectivity index (χ4v) is 2.11. The molecule has 0 aromatic heterocycles. The van der Waals surface area contributed by atoms with Crippen LogP contribution in [0.25, 0.3) is 0 Å². The molecule has 0 amide bonds. The molecule has 2 aliphatic heterocycles. The van der Waals surface area contributed by atoms with Gasteiger partial charge >= 0.3 is 5.97 Å². The molecule has 1 unspecified atom stereocenters. The van der Waals surface area contributed by atoms with E-state index in [-0.39, 0.29) is 24.3 Å². The number of hydrogen-bond donors (Lipinski definition) is 1. The maximum Gasteiger partial charge on any atom is 0.309 e. The molecule has 2 heterocycles. The lowest BCUT2D eigenvalue weighted by Gasteiger charge is -2.21. The van der Waals surface area contributed by atoms with E-state index < -0.39 is 0 Å². The highest BCUT2D eigenvalue weighted by atomic mass is 35.5. The number of carbonyl (C=O) groups is 1. The van der Waals surface area contributed by atoms with Crippen molar-refractivity contribution in [1.82, 2.24) is 5.32 Å². The van der Waals surface area contributed by atoms with Crippen LogP contribution in [0.3, 0.4) is 0 Å². The maximum atomic E-state index is 11.7. The van der Waals surface area contributed by atoms with Crippen LogP contribution in [-0.4, -0.2) is 38.9 Å². The van der Waals surface area contributed by atoms with Crippen molar-refractivity contribution in [2.45, 2.75) is 19.3 Å². The van der Waals surface area contributed by atoms with Crippen molar-refractivity contribution in [3.05, 3.63) is 0 Å². The van der Waals surface area contributed by atoms with Crippen LogP contribution in [0.4, 0.5) is 0 Å². The van der Waals surface area contributed by atoms with Crippen LogP contribution in [0, 0.1) is 11.8 Å². The van der Waals surface area contributed by atoms with Gasteiger partial charge in [0, 0.05) is 25.7 Å². The Morgan fingerprint density at radius 2 is 2.06 bits per heavy atom. The average molecular weight is 250 g/mol. The van der Waals surface area contributed by atoms with Gasteiger partial charge in [0.25, 0.3) is 0 Å². The van der Waals surface area contributed by atoms with Gasteiger partial charge in [-0.05, 0) is 25.8 Å². The molecule has 0 bridgehead atoms. The number of rotatable bonds is 3. The van der Waals surface area contributed by atoms with Crippen LogP contribution >= 0.6 is 12.4 Å². The molecule has 94 valence electrons. The quantitative estimate of drug-likeness (QED) is 0.758. The minimum Gasteiger partial charge on any atom is -0.465 e. The number of esters is 1. The first-order valence-electron chi connectivity index (χ1n) is 5.81. The summed E-state index contributed by atoms with van der Waals surface area (Å²) in [6, 6.07) is 0. The molecule has 0 radical (unpaired) electrons. The van der Waals surface area contributed by atoms with E-state index >= 15 is 0 Å². The number of ether oxygens (including phenoxy) is 2. The summed E-state index contributed by atoms with van der Waals surface area (Å²) in [5.74, 6) is 0.576. The van der Waals surface area contributed by atoms with E-state index in [1.807, 2.05) is 0 Å². The van der Waals surface area contributed by atoms with E-state index in [2.05, 4.69) is 5.32 Å². The lowest BCUT2D eigenvalue weighted by atomic mass is 10.0. The maximum absolute atomic E-state index is 11.7. The Kier molecular flexibility index (Phi) is 6.09. The largest absolute Gasteiger partial charge is 0.465 e. The first-order chi connectivity index (χ1) is 7.36. The topological polar surface area (TPSA) is 47.6 Å². The van der Waals surface area contributed by atoms with Gasteiger partial charge in [0.1, 0.15) is 0 Å². The molecular formula is C11H20ClNO3. The Balaban J connectivity index is 0.00000128. The van der Waals surface area contributed by atoms with Crippen LogP contribution in [0.1, 0.15) is 19.3 Å². The number of halogens is 1. The SMILES string of the molecule is Cl.O=C(OCC1CCNC1)C1CCOCC1. The summed E-state index contributed by atoms with van der Waals surface area (Å²) in [5, 5.41) is 3.26. The highest BCUT2D eigenvalue weighted by Gasteiger charge is 2.24. The van der Waals surface area contributed by atoms with E-state index in [1.54, 1.807) is 0 Å². The Labute approximate surface area is 102 Å². The van der Waals surface area contributed by atoms with Crippen molar-refractivity contribution in [2.75, 3.05) is 32.9 Å². The fraction of sp³-hybridized carbons (Fsp3) is 0.909. The standard InChI is InChI=1S/C11H19NO3.ClH/c13-11(10-2-5-14-6-3-10)15-8-9-1-4-12-7-9;/h9-10,12H,1-8H2;1H. The molecule has 2 aliphatic rings. The van der Waals surface area contributed by atoms with Gasteiger partial charge in [0.05, 0.1) is 12.5 Å². The van der Waals surface area contributed by atoms with Gasteiger partial charge in [0.15, 0.2) is 0 Å². The summed E-state index contributed by atoms with van der Waals surface area (Å²) in [4.78, 5) is 11.7. The Bertz CT molecular complexity index is 213. The van der Waals surface area contributed by atoms with Gasteiger partial charge < -0.3 is 14.8 Å². The molecule has 0 saturated carbocycles. The van der Waals surface area contributed by atoms with Gasteiger partial charge in [-0.1, -0.05) is 0 Å². The molecule has 16 heavy (non-hydrogen) atoms. The Hall–Kier alpha value is -0.320. The minimum absolute atomic E-state index is 0. The normalized spacial score (nSPS) is 26.1. The van der Waals surface area contributed by atoms with Gasteiger partial charge in [-0.15, -0.1) is 12.4 Å². The molecule has 1 N–H and O–H groups in total. The third-order valence-electron chi connectivity index (χ3n) is 3.18. The summed E-state index contributed by atoms with van der Waals surface area (Å²) in [7, 11) is 0. The summed E-state index contributed by atoms with van der Waals surface area (Å²) >= 11 is 0. The van der Waals surface area contributed by atoms with Crippen LogP contribution in [0.15, 0.2) is 0 Å². The first-order valence-corrected chi connectivity index (χ1v) is 5.81. The molecule has 2 fully saturated rings. The first kappa shape index (κ1) is 13.7. The smallest absolute Gasteiger partial charge is 0.309 e. The third kappa shape index (κ3) is 3.92. The summed E-state index contributed by atoms with van der Waals surface area (Å²) in [6.45, 7) is 4.03. The zero-order valence-corrected chi connectivity index (χ0v) is 10.3. The van der Waals surface area contributed by atoms with Crippen molar-refractivity contribution in [3.63, 3.8) is 0 Å². The summed E-state index contributed by atoms with van der Waals surface area (Å²) < 4.78 is 10.5. The molecule has 5 heteroatoms. The number of hydrogen-bond acceptors (Lipinski definition) is 4. The van der Waals surface area contributed by atoms with Gasteiger partial charge in [-0.2, -0.15) is 0 Å². The number of carbonyl (C=O) groups excluding carboxylic acids is 1. The van der Waals surface area contributed by atoms with E-state index in [0.717, 1.165) is 32.4 Å². The van der Waals surface area contributed by atoms with E-state index in [4.69, 9.17) is 9.47 Å². The Morgan fingerprint density at radius 3 is 2.69 bits per heavy atom.